The molecule has 1 heteroatoms. The number of aryl methyl sites for hydroxylation is 1. The molecule has 1 rings (SSSR count). The second-order valence-corrected chi connectivity index (χ2v) is 4.08. The summed E-state index contributed by atoms with van der Waals surface area (Å²) in [4.78, 5) is 0. The van der Waals surface area contributed by atoms with Crippen molar-refractivity contribution in [2.24, 2.45) is 0 Å². The summed E-state index contributed by atoms with van der Waals surface area (Å²) in [7, 11) is 0. The van der Waals surface area contributed by atoms with Crippen molar-refractivity contribution in [2.45, 2.75) is 45.6 Å². The molecule has 0 aliphatic heterocycles. The van der Waals surface area contributed by atoms with E-state index in [0.717, 1.165) is 24.0 Å². The molecular formula is C15H20O. The van der Waals surface area contributed by atoms with Gasteiger partial charge in [-0.25, -0.2) is 0 Å². The molecule has 1 nitrogen and oxygen atoms in total. The maximum absolute atomic E-state index is 10.5. The van der Waals surface area contributed by atoms with E-state index in [9.17, 15) is 5.11 Å². The zero-order chi connectivity index (χ0) is 12.0. The molecule has 1 N–H and O–H groups in total. The lowest BCUT2D eigenvalue weighted by Crippen LogP contribution is -2.23. The van der Waals surface area contributed by atoms with Crippen LogP contribution in [-0.2, 0) is 5.60 Å². The maximum Gasteiger partial charge on any atom is 0.150 e. The zero-order valence-corrected chi connectivity index (χ0v) is 10.4. The maximum atomic E-state index is 10.5. The summed E-state index contributed by atoms with van der Waals surface area (Å²) in [5.41, 5.74) is 1.04. The van der Waals surface area contributed by atoms with Crippen LogP contribution >= 0.6 is 0 Å². The molecule has 1 unspecified atom stereocenters. The standard InChI is InChI=1S/C15H20O/c1-4-6-9-12-15(16,5-2)14-11-8-7-10-13(14)3/h7-8,10-11,16H,4-6H2,1-3H3. The minimum atomic E-state index is -0.986. The van der Waals surface area contributed by atoms with E-state index in [1.54, 1.807) is 0 Å². The molecule has 1 atom stereocenters. The van der Waals surface area contributed by atoms with Crippen molar-refractivity contribution in [3.63, 3.8) is 0 Å². The van der Waals surface area contributed by atoms with Crippen molar-refractivity contribution in [1.29, 1.82) is 0 Å². The molecule has 1 aromatic carbocycles. The van der Waals surface area contributed by atoms with Gasteiger partial charge in [0.05, 0.1) is 0 Å². The van der Waals surface area contributed by atoms with Gasteiger partial charge in [0.15, 0.2) is 5.60 Å². The highest BCUT2D eigenvalue weighted by atomic mass is 16.3. The molecule has 0 radical (unpaired) electrons. The van der Waals surface area contributed by atoms with Gasteiger partial charge in [-0.15, -0.1) is 0 Å². The molecule has 0 bridgehead atoms. The van der Waals surface area contributed by atoms with Gasteiger partial charge in [0.25, 0.3) is 0 Å². The molecule has 1 aromatic rings. The van der Waals surface area contributed by atoms with Crippen LogP contribution in [0.4, 0.5) is 0 Å². The van der Waals surface area contributed by atoms with Gasteiger partial charge >= 0.3 is 0 Å². The molecule has 0 fully saturated rings. The normalized spacial score (nSPS) is 13.8. The number of hydrogen-bond acceptors (Lipinski definition) is 1. The van der Waals surface area contributed by atoms with Crippen molar-refractivity contribution in [1.82, 2.24) is 0 Å². The van der Waals surface area contributed by atoms with Gasteiger partial charge in [-0.1, -0.05) is 50.0 Å². The Morgan fingerprint density at radius 2 is 1.94 bits per heavy atom. The predicted octanol–water partition coefficient (Wildman–Crippen LogP) is 3.40. The molecule has 0 amide bonds. The molecule has 0 aliphatic rings. The summed E-state index contributed by atoms with van der Waals surface area (Å²) in [5.74, 6) is 6.06. The summed E-state index contributed by atoms with van der Waals surface area (Å²) in [5, 5.41) is 10.5. The summed E-state index contributed by atoms with van der Waals surface area (Å²) in [6, 6.07) is 7.90. The fourth-order valence-electron chi connectivity index (χ4n) is 1.72. The largest absolute Gasteiger partial charge is 0.373 e. The highest BCUT2D eigenvalue weighted by Gasteiger charge is 2.25. The third-order valence-corrected chi connectivity index (χ3v) is 2.77. The van der Waals surface area contributed by atoms with Gasteiger partial charge in [0.2, 0.25) is 0 Å². The van der Waals surface area contributed by atoms with Crippen LogP contribution in [-0.4, -0.2) is 5.11 Å². The van der Waals surface area contributed by atoms with Crippen LogP contribution in [0.3, 0.4) is 0 Å². The first kappa shape index (κ1) is 12.8. The van der Waals surface area contributed by atoms with Crippen LogP contribution in [0.2, 0.25) is 0 Å². The third kappa shape index (κ3) is 2.87. The molecule has 0 aliphatic carbocycles. The van der Waals surface area contributed by atoms with Gasteiger partial charge in [-0.05, 0) is 30.9 Å². The van der Waals surface area contributed by atoms with Gasteiger partial charge < -0.3 is 5.11 Å². The fraction of sp³-hybridized carbons (Fsp3) is 0.467. The van der Waals surface area contributed by atoms with Crippen LogP contribution in [0, 0.1) is 18.8 Å². The Balaban J connectivity index is 3.07. The molecule has 0 saturated carbocycles. The van der Waals surface area contributed by atoms with E-state index in [0.29, 0.717) is 6.42 Å². The average molecular weight is 216 g/mol. The summed E-state index contributed by atoms with van der Waals surface area (Å²) >= 11 is 0. The third-order valence-electron chi connectivity index (χ3n) is 2.77. The van der Waals surface area contributed by atoms with Crippen LogP contribution in [0.25, 0.3) is 0 Å². The Hall–Kier alpha value is -1.26. The number of hydrogen-bond donors (Lipinski definition) is 1. The van der Waals surface area contributed by atoms with E-state index in [-0.39, 0.29) is 0 Å². The first-order chi connectivity index (χ1) is 7.64. The second-order valence-electron chi connectivity index (χ2n) is 4.08. The highest BCUT2D eigenvalue weighted by molar-refractivity contribution is 5.37. The number of rotatable bonds is 3. The van der Waals surface area contributed by atoms with E-state index in [1.165, 1.54) is 0 Å². The van der Waals surface area contributed by atoms with Gasteiger partial charge in [-0.3, -0.25) is 0 Å². The molecule has 0 saturated heterocycles. The van der Waals surface area contributed by atoms with Crippen molar-refractivity contribution in [2.75, 3.05) is 0 Å². The number of benzene rings is 1. The lowest BCUT2D eigenvalue weighted by atomic mass is 9.88. The van der Waals surface area contributed by atoms with E-state index in [1.807, 2.05) is 38.1 Å². The molecule has 86 valence electrons. The average Bonchev–Trinajstić information content (AvgIpc) is 2.30. The molecule has 0 spiro atoms. The van der Waals surface area contributed by atoms with E-state index in [2.05, 4.69) is 18.8 Å². The fourth-order valence-corrected chi connectivity index (χ4v) is 1.72. The van der Waals surface area contributed by atoms with Crippen LogP contribution in [0.1, 0.15) is 44.2 Å². The Kier molecular flexibility index (Phi) is 4.58. The van der Waals surface area contributed by atoms with Crippen LogP contribution in [0.15, 0.2) is 24.3 Å². The van der Waals surface area contributed by atoms with E-state index in [4.69, 9.17) is 0 Å². The highest BCUT2D eigenvalue weighted by Crippen LogP contribution is 2.26. The molecule has 0 heterocycles. The van der Waals surface area contributed by atoms with Crippen LogP contribution in [0.5, 0.6) is 0 Å². The Morgan fingerprint density at radius 1 is 1.25 bits per heavy atom. The zero-order valence-electron chi connectivity index (χ0n) is 10.4. The van der Waals surface area contributed by atoms with Crippen molar-refractivity contribution < 1.29 is 5.11 Å². The van der Waals surface area contributed by atoms with Gasteiger partial charge in [0.1, 0.15) is 0 Å². The Bertz CT molecular complexity index is 397. The minimum absolute atomic E-state index is 0.620. The van der Waals surface area contributed by atoms with Crippen LogP contribution < -0.4 is 0 Å². The summed E-state index contributed by atoms with van der Waals surface area (Å²) in [6.07, 6.45) is 2.49. The Morgan fingerprint density at radius 3 is 2.50 bits per heavy atom. The molecular weight excluding hydrogens is 196 g/mol. The van der Waals surface area contributed by atoms with E-state index < -0.39 is 5.60 Å². The van der Waals surface area contributed by atoms with Crippen molar-refractivity contribution in [3.8, 4) is 11.8 Å². The van der Waals surface area contributed by atoms with Crippen molar-refractivity contribution in [3.05, 3.63) is 35.4 Å². The minimum Gasteiger partial charge on any atom is -0.373 e. The Labute approximate surface area is 98.5 Å². The lowest BCUT2D eigenvalue weighted by molar-refractivity contribution is 0.0952. The van der Waals surface area contributed by atoms with Gasteiger partial charge in [-0.2, -0.15) is 0 Å². The quantitative estimate of drug-likeness (QED) is 0.768. The smallest absolute Gasteiger partial charge is 0.150 e. The van der Waals surface area contributed by atoms with Gasteiger partial charge in [0, 0.05) is 6.42 Å². The monoisotopic (exact) mass is 216 g/mol. The first-order valence-electron chi connectivity index (χ1n) is 5.92. The van der Waals surface area contributed by atoms with Crippen molar-refractivity contribution >= 4 is 0 Å². The summed E-state index contributed by atoms with van der Waals surface area (Å²) < 4.78 is 0. The SMILES string of the molecule is CCCC#CC(O)(CC)c1ccccc1C. The first-order valence-corrected chi connectivity index (χ1v) is 5.92. The lowest BCUT2D eigenvalue weighted by Gasteiger charge is -2.22. The number of aliphatic hydroxyl groups is 1. The summed E-state index contributed by atoms with van der Waals surface area (Å²) in [6.45, 7) is 6.07. The predicted molar refractivity (Wildman–Crippen MR) is 68.1 cm³/mol. The molecule has 16 heavy (non-hydrogen) atoms. The molecule has 0 aromatic heterocycles. The second kappa shape index (κ2) is 5.72. The number of unbranched alkanes of at least 4 members (excludes halogenated alkanes) is 1. The topological polar surface area (TPSA) is 20.2 Å². The van der Waals surface area contributed by atoms with E-state index >= 15 is 0 Å².